The van der Waals surface area contributed by atoms with Crippen molar-refractivity contribution in [3.63, 3.8) is 0 Å². The molecule has 2 rings (SSSR count). The second kappa shape index (κ2) is 4.89. The SMILES string of the molecule is O=C(O)[C@@H]1C=CC(=O)N1Cc1ccccc1[N+](=O)[O-]. The van der Waals surface area contributed by atoms with Gasteiger partial charge in [-0.3, -0.25) is 14.9 Å². The molecule has 1 heterocycles. The van der Waals surface area contributed by atoms with Crippen molar-refractivity contribution >= 4 is 17.6 Å². The summed E-state index contributed by atoms with van der Waals surface area (Å²) in [6.07, 6.45) is 2.42. The number of nitro benzene ring substituents is 1. The van der Waals surface area contributed by atoms with Gasteiger partial charge in [0.15, 0.2) is 0 Å². The van der Waals surface area contributed by atoms with Crippen LogP contribution in [-0.4, -0.2) is 32.8 Å². The Morgan fingerprint density at radius 1 is 1.42 bits per heavy atom. The van der Waals surface area contributed by atoms with Crippen molar-refractivity contribution in [3.05, 3.63) is 52.1 Å². The van der Waals surface area contributed by atoms with Crippen LogP contribution in [0.4, 0.5) is 5.69 Å². The summed E-state index contributed by atoms with van der Waals surface area (Å²) in [4.78, 5) is 33.9. The van der Waals surface area contributed by atoms with Crippen molar-refractivity contribution in [3.8, 4) is 0 Å². The molecule has 1 amide bonds. The molecule has 0 aromatic heterocycles. The molecule has 0 unspecified atom stereocenters. The summed E-state index contributed by atoms with van der Waals surface area (Å²) in [7, 11) is 0. The number of carboxylic acid groups (broad SMARTS) is 1. The van der Waals surface area contributed by atoms with Gasteiger partial charge in [-0.2, -0.15) is 0 Å². The first-order chi connectivity index (χ1) is 9.00. The number of rotatable bonds is 4. The summed E-state index contributed by atoms with van der Waals surface area (Å²) < 4.78 is 0. The number of aliphatic carboxylic acids is 1. The minimum absolute atomic E-state index is 0.111. The largest absolute Gasteiger partial charge is 0.479 e. The van der Waals surface area contributed by atoms with E-state index in [0.29, 0.717) is 5.56 Å². The van der Waals surface area contributed by atoms with E-state index < -0.39 is 22.8 Å². The molecule has 1 aromatic rings. The Morgan fingerprint density at radius 2 is 2.11 bits per heavy atom. The number of para-hydroxylation sites is 1. The van der Waals surface area contributed by atoms with Gasteiger partial charge in [0.25, 0.3) is 5.69 Å². The Morgan fingerprint density at radius 3 is 2.74 bits per heavy atom. The third-order valence-corrected chi connectivity index (χ3v) is 2.82. The van der Waals surface area contributed by atoms with Crippen LogP contribution in [0.15, 0.2) is 36.4 Å². The average molecular weight is 262 g/mol. The lowest BCUT2D eigenvalue weighted by Gasteiger charge is -2.21. The molecule has 1 aliphatic rings. The van der Waals surface area contributed by atoms with E-state index in [4.69, 9.17) is 5.11 Å². The number of nitro groups is 1. The number of carbonyl (C=O) groups excluding carboxylic acids is 1. The van der Waals surface area contributed by atoms with Gasteiger partial charge in [0, 0.05) is 17.7 Å². The maximum Gasteiger partial charge on any atom is 0.330 e. The molecule has 0 saturated carbocycles. The zero-order chi connectivity index (χ0) is 14.0. The first kappa shape index (κ1) is 12.7. The first-order valence-corrected chi connectivity index (χ1v) is 5.44. The average Bonchev–Trinajstić information content (AvgIpc) is 2.72. The van der Waals surface area contributed by atoms with Crippen molar-refractivity contribution in [1.82, 2.24) is 4.90 Å². The Hall–Kier alpha value is -2.70. The van der Waals surface area contributed by atoms with Crippen LogP contribution < -0.4 is 0 Å². The predicted molar refractivity (Wildman–Crippen MR) is 64.2 cm³/mol. The second-order valence-electron chi connectivity index (χ2n) is 3.99. The number of carboxylic acids is 1. The van der Waals surface area contributed by atoms with Gasteiger partial charge in [-0.1, -0.05) is 18.2 Å². The van der Waals surface area contributed by atoms with E-state index in [0.717, 1.165) is 11.0 Å². The van der Waals surface area contributed by atoms with Gasteiger partial charge >= 0.3 is 5.97 Å². The van der Waals surface area contributed by atoms with Gasteiger partial charge in [-0.25, -0.2) is 4.79 Å². The molecule has 7 nitrogen and oxygen atoms in total. The molecule has 1 N–H and O–H groups in total. The Balaban J connectivity index is 2.28. The van der Waals surface area contributed by atoms with E-state index >= 15 is 0 Å². The normalized spacial score (nSPS) is 17.8. The molecule has 1 atom stereocenters. The Kier molecular flexibility index (Phi) is 3.28. The van der Waals surface area contributed by atoms with Crippen LogP contribution in [0.25, 0.3) is 0 Å². The van der Waals surface area contributed by atoms with Gasteiger partial charge in [-0.15, -0.1) is 0 Å². The van der Waals surface area contributed by atoms with Crippen LogP contribution in [0.1, 0.15) is 5.56 Å². The van der Waals surface area contributed by atoms with Crippen LogP contribution in [0.5, 0.6) is 0 Å². The van der Waals surface area contributed by atoms with Crippen molar-refractivity contribution < 1.29 is 19.6 Å². The lowest BCUT2D eigenvalue weighted by atomic mass is 10.1. The number of hydrogen-bond donors (Lipinski definition) is 1. The fourth-order valence-corrected chi connectivity index (χ4v) is 1.91. The molecule has 7 heteroatoms. The maximum absolute atomic E-state index is 11.6. The molecule has 0 bridgehead atoms. The zero-order valence-corrected chi connectivity index (χ0v) is 9.72. The molecule has 19 heavy (non-hydrogen) atoms. The molecular weight excluding hydrogens is 252 g/mol. The Labute approximate surface area is 107 Å². The number of hydrogen-bond acceptors (Lipinski definition) is 4. The standard InChI is InChI=1S/C12H10N2O5/c15-11-6-5-10(12(16)17)13(11)7-8-3-1-2-4-9(8)14(18)19/h1-6,10H,7H2,(H,16,17)/t10-/m0/s1. The van der Waals surface area contributed by atoms with Crippen molar-refractivity contribution in [2.24, 2.45) is 0 Å². The van der Waals surface area contributed by atoms with Crippen LogP contribution in [-0.2, 0) is 16.1 Å². The molecule has 0 fully saturated rings. The van der Waals surface area contributed by atoms with E-state index in [1.165, 1.54) is 24.3 Å². The lowest BCUT2D eigenvalue weighted by Crippen LogP contribution is -2.38. The van der Waals surface area contributed by atoms with E-state index in [9.17, 15) is 19.7 Å². The van der Waals surface area contributed by atoms with Gasteiger partial charge in [0.05, 0.1) is 11.5 Å². The minimum atomic E-state index is -1.17. The highest BCUT2D eigenvalue weighted by Crippen LogP contribution is 2.22. The monoisotopic (exact) mass is 262 g/mol. The first-order valence-electron chi connectivity index (χ1n) is 5.44. The highest BCUT2D eigenvalue weighted by Gasteiger charge is 2.32. The zero-order valence-electron chi connectivity index (χ0n) is 9.72. The Bertz CT molecular complexity index is 581. The highest BCUT2D eigenvalue weighted by molar-refractivity contribution is 5.96. The van der Waals surface area contributed by atoms with Crippen LogP contribution >= 0.6 is 0 Å². The highest BCUT2D eigenvalue weighted by atomic mass is 16.6. The summed E-state index contributed by atoms with van der Waals surface area (Å²) >= 11 is 0. The summed E-state index contributed by atoms with van der Waals surface area (Å²) in [5.41, 5.74) is 0.169. The van der Waals surface area contributed by atoms with E-state index in [1.54, 1.807) is 6.07 Å². The van der Waals surface area contributed by atoms with E-state index in [2.05, 4.69) is 0 Å². The van der Waals surface area contributed by atoms with Crippen molar-refractivity contribution in [2.45, 2.75) is 12.6 Å². The maximum atomic E-state index is 11.6. The summed E-state index contributed by atoms with van der Waals surface area (Å²) in [5.74, 6) is -1.63. The summed E-state index contributed by atoms with van der Waals surface area (Å²) in [6.45, 7) is -0.111. The third-order valence-electron chi connectivity index (χ3n) is 2.82. The lowest BCUT2D eigenvalue weighted by molar-refractivity contribution is -0.385. The number of benzene rings is 1. The molecule has 98 valence electrons. The number of amides is 1. The smallest absolute Gasteiger partial charge is 0.330 e. The molecular formula is C12H10N2O5. The van der Waals surface area contributed by atoms with Crippen LogP contribution in [0.2, 0.25) is 0 Å². The quantitative estimate of drug-likeness (QED) is 0.643. The van der Waals surface area contributed by atoms with Gasteiger partial charge in [-0.05, 0) is 6.08 Å². The number of nitrogens with zero attached hydrogens (tertiary/aromatic N) is 2. The molecule has 0 radical (unpaired) electrons. The molecule has 0 spiro atoms. The van der Waals surface area contributed by atoms with Gasteiger partial charge in [0.1, 0.15) is 6.04 Å². The molecule has 0 saturated heterocycles. The third kappa shape index (κ3) is 2.44. The fourth-order valence-electron chi connectivity index (χ4n) is 1.91. The van der Waals surface area contributed by atoms with Crippen molar-refractivity contribution in [1.29, 1.82) is 0 Å². The summed E-state index contributed by atoms with van der Waals surface area (Å²) in [6, 6.07) is 4.86. The summed E-state index contributed by atoms with van der Waals surface area (Å²) in [5, 5.41) is 19.8. The topological polar surface area (TPSA) is 101 Å². The fraction of sp³-hybridized carbons (Fsp3) is 0.167. The second-order valence-corrected chi connectivity index (χ2v) is 3.99. The van der Waals surface area contributed by atoms with Crippen LogP contribution in [0, 0.1) is 10.1 Å². The molecule has 1 aromatic carbocycles. The van der Waals surface area contributed by atoms with Crippen molar-refractivity contribution in [2.75, 3.05) is 0 Å². The number of carbonyl (C=O) groups is 2. The molecule has 1 aliphatic heterocycles. The molecule has 0 aliphatic carbocycles. The van der Waals surface area contributed by atoms with E-state index in [1.807, 2.05) is 0 Å². The minimum Gasteiger partial charge on any atom is -0.479 e. The van der Waals surface area contributed by atoms with Crippen LogP contribution in [0.3, 0.4) is 0 Å². The van der Waals surface area contributed by atoms with Gasteiger partial charge < -0.3 is 10.0 Å². The van der Waals surface area contributed by atoms with E-state index in [-0.39, 0.29) is 12.2 Å². The predicted octanol–water partition coefficient (Wildman–Crippen LogP) is 0.946. The van der Waals surface area contributed by atoms with Gasteiger partial charge in [0.2, 0.25) is 5.91 Å².